The fourth-order valence-electron chi connectivity index (χ4n) is 1.83. The van der Waals surface area contributed by atoms with Crippen LogP contribution in [0.5, 0.6) is 0 Å². The fourth-order valence-corrected chi connectivity index (χ4v) is 1.83. The highest BCUT2D eigenvalue weighted by atomic mass is 16.2. The van der Waals surface area contributed by atoms with E-state index in [0.717, 1.165) is 19.3 Å². The van der Waals surface area contributed by atoms with Gasteiger partial charge in [-0.15, -0.1) is 6.42 Å². The summed E-state index contributed by atoms with van der Waals surface area (Å²) < 4.78 is 0. The van der Waals surface area contributed by atoms with Crippen molar-refractivity contribution in [2.75, 3.05) is 13.1 Å². The van der Waals surface area contributed by atoms with E-state index in [1.807, 2.05) is 13.8 Å². The summed E-state index contributed by atoms with van der Waals surface area (Å²) in [5.41, 5.74) is 5.35. The van der Waals surface area contributed by atoms with Crippen molar-refractivity contribution in [3.8, 4) is 12.3 Å². The smallest absolute Gasteiger partial charge is 0.243 e. The average molecular weight is 208 g/mol. The monoisotopic (exact) mass is 208 g/mol. The Kier molecular flexibility index (Phi) is 3.76. The quantitative estimate of drug-likeness (QED) is 0.685. The molecule has 0 spiro atoms. The molecule has 1 aliphatic rings. The van der Waals surface area contributed by atoms with Gasteiger partial charge in [-0.3, -0.25) is 4.79 Å². The maximum Gasteiger partial charge on any atom is 0.243 e. The van der Waals surface area contributed by atoms with Crippen LogP contribution in [0.3, 0.4) is 0 Å². The number of carbonyl (C=O) groups excluding carboxylic acids is 1. The van der Waals surface area contributed by atoms with Crippen molar-refractivity contribution in [1.29, 1.82) is 0 Å². The number of nitrogens with two attached hydrogens (primary N) is 1. The Hall–Kier alpha value is -1.01. The van der Waals surface area contributed by atoms with E-state index in [-0.39, 0.29) is 5.91 Å². The first-order chi connectivity index (χ1) is 7.04. The molecular formula is C12H20N2O. The molecule has 0 aromatic rings. The van der Waals surface area contributed by atoms with Crippen molar-refractivity contribution < 1.29 is 4.79 Å². The molecule has 0 saturated heterocycles. The van der Waals surface area contributed by atoms with E-state index < -0.39 is 5.54 Å². The standard InChI is InChI=1S/C12H20N2O/c1-4-8-14(9-5-2)11(15)12(3,13)10-6-7-10/h1,10H,5-9,13H2,2-3H3. The van der Waals surface area contributed by atoms with E-state index >= 15 is 0 Å². The van der Waals surface area contributed by atoms with Crippen molar-refractivity contribution in [1.82, 2.24) is 4.90 Å². The van der Waals surface area contributed by atoms with Gasteiger partial charge in [0.1, 0.15) is 0 Å². The molecule has 84 valence electrons. The predicted molar refractivity (Wildman–Crippen MR) is 61.0 cm³/mol. The number of terminal acetylenes is 1. The van der Waals surface area contributed by atoms with E-state index in [2.05, 4.69) is 5.92 Å². The SMILES string of the molecule is C#CCN(CCC)C(=O)C(C)(N)C1CC1. The molecule has 1 fully saturated rings. The second-order valence-electron chi connectivity index (χ2n) is 4.49. The summed E-state index contributed by atoms with van der Waals surface area (Å²) in [6.45, 7) is 4.92. The Morgan fingerprint density at radius 3 is 2.67 bits per heavy atom. The molecular weight excluding hydrogens is 188 g/mol. The molecule has 0 radical (unpaired) electrons. The first-order valence-electron chi connectivity index (χ1n) is 5.55. The Bertz CT molecular complexity index is 274. The van der Waals surface area contributed by atoms with E-state index in [9.17, 15) is 4.79 Å². The molecule has 15 heavy (non-hydrogen) atoms. The van der Waals surface area contributed by atoms with Gasteiger partial charge in [0.15, 0.2) is 0 Å². The topological polar surface area (TPSA) is 46.3 Å². The Morgan fingerprint density at radius 1 is 1.67 bits per heavy atom. The largest absolute Gasteiger partial charge is 0.330 e. The van der Waals surface area contributed by atoms with E-state index in [4.69, 9.17) is 12.2 Å². The number of amides is 1. The van der Waals surface area contributed by atoms with E-state index in [1.165, 1.54) is 0 Å². The van der Waals surface area contributed by atoms with E-state index in [1.54, 1.807) is 4.90 Å². The summed E-state index contributed by atoms with van der Waals surface area (Å²) >= 11 is 0. The molecule has 1 atom stereocenters. The zero-order valence-electron chi connectivity index (χ0n) is 9.62. The highest BCUT2D eigenvalue weighted by Gasteiger charge is 2.45. The Labute approximate surface area is 92.0 Å². The van der Waals surface area contributed by atoms with Gasteiger partial charge in [0.2, 0.25) is 5.91 Å². The molecule has 0 aromatic carbocycles. The normalized spacial score (nSPS) is 19.1. The van der Waals surface area contributed by atoms with Crippen LogP contribution in [0.25, 0.3) is 0 Å². The van der Waals surface area contributed by atoms with Gasteiger partial charge in [0, 0.05) is 6.54 Å². The molecule has 0 bridgehead atoms. The number of nitrogens with zero attached hydrogens (tertiary/aromatic N) is 1. The van der Waals surface area contributed by atoms with E-state index in [0.29, 0.717) is 19.0 Å². The van der Waals surface area contributed by atoms with Crippen LogP contribution in [0.2, 0.25) is 0 Å². The molecule has 1 saturated carbocycles. The number of carbonyl (C=O) groups is 1. The minimum absolute atomic E-state index is 0.00444. The van der Waals surface area contributed by atoms with Crippen molar-refractivity contribution in [3.05, 3.63) is 0 Å². The third-order valence-electron chi connectivity index (χ3n) is 2.95. The Balaban J connectivity index is 2.66. The lowest BCUT2D eigenvalue weighted by molar-refractivity contribution is -0.136. The van der Waals surface area contributed by atoms with Crippen LogP contribution in [0.4, 0.5) is 0 Å². The van der Waals surface area contributed by atoms with Gasteiger partial charge >= 0.3 is 0 Å². The lowest BCUT2D eigenvalue weighted by Crippen LogP contribution is -2.55. The molecule has 1 unspecified atom stereocenters. The molecule has 0 heterocycles. The highest BCUT2D eigenvalue weighted by molar-refractivity contribution is 5.86. The second-order valence-corrected chi connectivity index (χ2v) is 4.49. The van der Waals surface area contributed by atoms with Gasteiger partial charge in [-0.25, -0.2) is 0 Å². The lowest BCUT2D eigenvalue weighted by Gasteiger charge is -2.30. The molecule has 2 N–H and O–H groups in total. The third-order valence-corrected chi connectivity index (χ3v) is 2.95. The van der Waals surface area contributed by atoms with Gasteiger partial charge in [0.25, 0.3) is 0 Å². The average Bonchev–Trinajstić information content (AvgIpc) is 2.99. The minimum atomic E-state index is -0.716. The lowest BCUT2D eigenvalue weighted by atomic mass is 9.95. The molecule has 3 heteroatoms. The van der Waals surface area contributed by atoms with Crippen LogP contribution < -0.4 is 5.73 Å². The molecule has 1 aliphatic carbocycles. The summed E-state index contributed by atoms with van der Waals surface area (Å²) in [4.78, 5) is 13.8. The zero-order valence-corrected chi connectivity index (χ0v) is 9.62. The maximum absolute atomic E-state index is 12.1. The number of hydrogen-bond acceptors (Lipinski definition) is 2. The first-order valence-corrected chi connectivity index (χ1v) is 5.55. The van der Waals surface area contributed by atoms with Gasteiger partial charge in [-0.2, -0.15) is 0 Å². The summed E-state index contributed by atoms with van der Waals surface area (Å²) in [6, 6.07) is 0. The molecule has 0 aliphatic heterocycles. The first kappa shape index (κ1) is 12.1. The minimum Gasteiger partial charge on any atom is -0.330 e. The van der Waals surface area contributed by atoms with Crippen molar-refractivity contribution in [2.24, 2.45) is 11.7 Å². The number of hydrogen-bond donors (Lipinski definition) is 1. The summed E-state index contributed by atoms with van der Waals surface area (Å²) in [5, 5.41) is 0. The Morgan fingerprint density at radius 2 is 2.27 bits per heavy atom. The van der Waals surface area contributed by atoms with Crippen LogP contribution in [0.1, 0.15) is 33.1 Å². The van der Waals surface area contributed by atoms with Crippen molar-refractivity contribution in [2.45, 2.75) is 38.6 Å². The van der Waals surface area contributed by atoms with Crippen molar-refractivity contribution in [3.63, 3.8) is 0 Å². The highest BCUT2D eigenvalue weighted by Crippen LogP contribution is 2.38. The molecule has 1 amide bonds. The van der Waals surface area contributed by atoms with Gasteiger partial charge < -0.3 is 10.6 Å². The van der Waals surface area contributed by atoms with Crippen LogP contribution in [-0.2, 0) is 4.79 Å². The van der Waals surface area contributed by atoms with Crippen LogP contribution in [0.15, 0.2) is 0 Å². The molecule has 3 nitrogen and oxygen atoms in total. The second kappa shape index (κ2) is 4.67. The third kappa shape index (κ3) is 2.73. The summed E-state index contributed by atoms with van der Waals surface area (Å²) in [5.74, 6) is 2.87. The maximum atomic E-state index is 12.1. The fraction of sp³-hybridized carbons (Fsp3) is 0.750. The van der Waals surface area contributed by atoms with Crippen LogP contribution in [-0.4, -0.2) is 29.4 Å². The molecule has 1 rings (SSSR count). The van der Waals surface area contributed by atoms with Crippen LogP contribution >= 0.6 is 0 Å². The number of rotatable bonds is 5. The van der Waals surface area contributed by atoms with Crippen LogP contribution in [0, 0.1) is 18.3 Å². The van der Waals surface area contributed by atoms with Crippen molar-refractivity contribution >= 4 is 5.91 Å². The summed E-state index contributed by atoms with van der Waals surface area (Å²) in [7, 11) is 0. The molecule has 0 aromatic heterocycles. The summed E-state index contributed by atoms with van der Waals surface area (Å²) in [6.07, 6.45) is 8.29. The zero-order chi connectivity index (χ0) is 11.5. The van der Waals surface area contributed by atoms with Gasteiger partial charge in [0.05, 0.1) is 12.1 Å². The van der Waals surface area contributed by atoms with Gasteiger partial charge in [-0.1, -0.05) is 12.8 Å². The predicted octanol–water partition coefficient (Wildman–Crippen LogP) is 0.986. The van der Waals surface area contributed by atoms with Gasteiger partial charge in [-0.05, 0) is 32.1 Å².